The van der Waals surface area contributed by atoms with Gasteiger partial charge in [0.25, 0.3) is 0 Å². The lowest BCUT2D eigenvalue weighted by Gasteiger charge is -2.17. The number of rotatable bonds is 8. The average Bonchev–Trinajstić information content (AvgIpc) is 2.58. The highest BCUT2D eigenvalue weighted by molar-refractivity contribution is 6.17. The van der Waals surface area contributed by atoms with Crippen LogP contribution in [0.1, 0.15) is 33.3 Å². The van der Waals surface area contributed by atoms with Crippen LogP contribution in [0.4, 0.5) is 0 Å². The van der Waals surface area contributed by atoms with E-state index in [1.807, 2.05) is 18.2 Å². The first kappa shape index (κ1) is 18.7. The van der Waals surface area contributed by atoms with E-state index in [4.69, 9.17) is 21.1 Å². The van der Waals surface area contributed by atoms with Crippen molar-refractivity contribution in [3.63, 3.8) is 0 Å². The lowest BCUT2D eigenvalue weighted by molar-refractivity contribution is 0.229. The molecule has 0 atom stereocenters. The van der Waals surface area contributed by atoms with E-state index in [0.717, 1.165) is 28.2 Å². The van der Waals surface area contributed by atoms with Crippen LogP contribution in [-0.4, -0.2) is 13.2 Å². The first-order chi connectivity index (χ1) is 11.5. The van der Waals surface area contributed by atoms with E-state index in [1.165, 1.54) is 0 Å². The predicted molar refractivity (Wildman–Crippen MR) is 102 cm³/mol. The summed E-state index contributed by atoms with van der Waals surface area (Å²) in [5.74, 6) is 3.02. The smallest absolute Gasteiger partial charge is 0.161 e. The summed E-state index contributed by atoms with van der Waals surface area (Å²) in [6, 6.07) is 14.3. The predicted octanol–water partition coefficient (Wildman–Crippen LogP) is 6.16. The number of alkyl halides is 1. The molecule has 0 aromatic heterocycles. The van der Waals surface area contributed by atoms with Crippen molar-refractivity contribution in [1.29, 1.82) is 0 Å². The average molecular weight is 347 g/mol. The van der Waals surface area contributed by atoms with Crippen molar-refractivity contribution in [2.45, 2.75) is 33.6 Å². The lowest BCUT2D eigenvalue weighted by atomic mass is 10.0. The van der Waals surface area contributed by atoms with Crippen LogP contribution in [0.15, 0.2) is 42.5 Å². The summed E-state index contributed by atoms with van der Waals surface area (Å²) in [7, 11) is 0. The van der Waals surface area contributed by atoms with Gasteiger partial charge in [-0.2, -0.15) is 0 Å². The molecule has 0 N–H and O–H groups in total. The highest BCUT2D eigenvalue weighted by Gasteiger charge is 2.11. The van der Waals surface area contributed by atoms with Crippen LogP contribution >= 0.6 is 11.6 Å². The van der Waals surface area contributed by atoms with E-state index < -0.39 is 0 Å². The molecule has 0 aliphatic carbocycles. The Labute approximate surface area is 150 Å². The van der Waals surface area contributed by atoms with Gasteiger partial charge in [0.15, 0.2) is 11.5 Å². The van der Waals surface area contributed by atoms with E-state index >= 15 is 0 Å². The molecule has 0 aliphatic heterocycles. The van der Waals surface area contributed by atoms with E-state index in [-0.39, 0.29) is 0 Å². The molecule has 0 radical (unpaired) electrons. The molecule has 0 unspecified atom stereocenters. The molecule has 130 valence electrons. The zero-order valence-electron chi connectivity index (χ0n) is 15.0. The monoisotopic (exact) mass is 346 g/mol. The van der Waals surface area contributed by atoms with Gasteiger partial charge in [-0.3, -0.25) is 0 Å². The van der Waals surface area contributed by atoms with Crippen LogP contribution in [0.2, 0.25) is 0 Å². The van der Waals surface area contributed by atoms with Crippen LogP contribution in [-0.2, 0) is 5.88 Å². The third kappa shape index (κ3) is 5.17. The molecular weight excluding hydrogens is 320 g/mol. The molecular formula is C21H27ClO2. The van der Waals surface area contributed by atoms with Gasteiger partial charge in [-0.1, -0.05) is 58.0 Å². The number of ether oxygens (including phenoxy) is 2. The molecule has 24 heavy (non-hydrogen) atoms. The lowest BCUT2D eigenvalue weighted by Crippen LogP contribution is -2.09. The van der Waals surface area contributed by atoms with Gasteiger partial charge >= 0.3 is 0 Å². The Morgan fingerprint density at radius 2 is 1.46 bits per heavy atom. The fourth-order valence-corrected chi connectivity index (χ4v) is 2.57. The number of benzene rings is 2. The second-order valence-corrected chi connectivity index (χ2v) is 7.13. The summed E-state index contributed by atoms with van der Waals surface area (Å²) in [6.45, 7) is 9.90. The molecule has 0 amide bonds. The molecule has 0 fully saturated rings. The van der Waals surface area contributed by atoms with Crippen LogP contribution in [0.25, 0.3) is 11.1 Å². The first-order valence-corrected chi connectivity index (χ1v) is 9.08. The summed E-state index contributed by atoms with van der Waals surface area (Å²) in [6.07, 6.45) is 0. The molecule has 0 bridgehead atoms. The third-order valence-electron chi connectivity index (χ3n) is 3.56. The maximum atomic E-state index is 6.08. The van der Waals surface area contributed by atoms with Gasteiger partial charge in [-0.15, -0.1) is 11.6 Å². The Kier molecular flexibility index (Phi) is 6.99. The van der Waals surface area contributed by atoms with E-state index in [1.54, 1.807) is 0 Å². The second kappa shape index (κ2) is 8.98. The van der Waals surface area contributed by atoms with Crippen molar-refractivity contribution in [2.24, 2.45) is 11.8 Å². The standard InChI is InChI=1S/C21H27ClO2/c1-15(2)13-23-20-10-9-17(11-21(20)24-14-16(3)4)19-8-6-5-7-18(19)12-22/h5-11,15-16H,12-14H2,1-4H3. The summed E-state index contributed by atoms with van der Waals surface area (Å²) < 4.78 is 11.9. The van der Waals surface area contributed by atoms with Crippen molar-refractivity contribution < 1.29 is 9.47 Å². The Bertz CT molecular complexity index is 650. The van der Waals surface area contributed by atoms with Gasteiger partial charge in [-0.05, 0) is 40.7 Å². The SMILES string of the molecule is CC(C)COc1ccc(-c2ccccc2CCl)cc1OCC(C)C. The largest absolute Gasteiger partial charge is 0.489 e. The summed E-state index contributed by atoms with van der Waals surface area (Å²) in [5, 5.41) is 0. The summed E-state index contributed by atoms with van der Waals surface area (Å²) in [4.78, 5) is 0. The van der Waals surface area contributed by atoms with E-state index in [0.29, 0.717) is 30.9 Å². The highest BCUT2D eigenvalue weighted by atomic mass is 35.5. The van der Waals surface area contributed by atoms with Crippen molar-refractivity contribution in [3.05, 3.63) is 48.0 Å². The molecule has 2 nitrogen and oxygen atoms in total. The molecule has 3 heteroatoms. The zero-order chi connectivity index (χ0) is 17.5. The van der Waals surface area contributed by atoms with Crippen molar-refractivity contribution in [1.82, 2.24) is 0 Å². The van der Waals surface area contributed by atoms with Crippen LogP contribution in [0.5, 0.6) is 11.5 Å². The van der Waals surface area contributed by atoms with Crippen LogP contribution in [0.3, 0.4) is 0 Å². The second-order valence-electron chi connectivity index (χ2n) is 6.86. The quantitative estimate of drug-likeness (QED) is 0.533. The summed E-state index contributed by atoms with van der Waals surface area (Å²) in [5.41, 5.74) is 3.35. The minimum atomic E-state index is 0.460. The topological polar surface area (TPSA) is 18.5 Å². The van der Waals surface area contributed by atoms with Crippen molar-refractivity contribution >= 4 is 11.6 Å². The van der Waals surface area contributed by atoms with Crippen LogP contribution < -0.4 is 9.47 Å². The van der Waals surface area contributed by atoms with Crippen LogP contribution in [0, 0.1) is 11.8 Å². The Balaban J connectivity index is 2.35. The summed E-state index contributed by atoms with van der Waals surface area (Å²) >= 11 is 6.08. The van der Waals surface area contributed by atoms with Gasteiger partial charge in [0.2, 0.25) is 0 Å². The third-order valence-corrected chi connectivity index (χ3v) is 3.85. The number of hydrogen-bond acceptors (Lipinski definition) is 2. The molecule has 2 aromatic rings. The molecule has 0 heterocycles. The maximum absolute atomic E-state index is 6.08. The molecule has 0 saturated heterocycles. The van der Waals surface area contributed by atoms with Gasteiger partial charge in [0.1, 0.15) is 0 Å². The Morgan fingerprint density at radius 1 is 0.833 bits per heavy atom. The molecule has 0 saturated carbocycles. The van der Waals surface area contributed by atoms with Gasteiger partial charge in [-0.25, -0.2) is 0 Å². The van der Waals surface area contributed by atoms with Gasteiger partial charge in [0, 0.05) is 5.88 Å². The molecule has 0 aliphatic rings. The minimum absolute atomic E-state index is 0.460. The zero-order valence-corrected chi connectivity index (χ0v) is 15.8. The van der Waals surface area contributed by atoms with Gasteiger partial charge < -0.3 is 9.47 Å². The number of hydrogen-bond donors (Lipinski definition) is 0. The Morgan fingerprint density at radius 3 is 2.08 bits per heavy atom. The van der Waals surface area contributed by atoms with Crippen molar-refractivity contribution in [3.8, 4) is 22.6 Å². The number of halogens is 1. The first-order valence-electron chi connectivity index (χ1n) is 8.55. The van der Waals surface area contributed by atoms with Gasteiger partial charge in [0.05, 0.1) is 13.2 Å². The molecule has 2 rings (SSSR count). The molecule has 2 aromatic carbocycles. The normalized spacial score (nSPS) is 11.1. The van der Waals surface area contributed by atoms with E-state index in [9.17, 15) is 0 Å². The minimum Gasteiger partial charge on any atom is -0.489 e. The van der Waals surface area contributed by atoms with E-state index in [2.05, 4.69) is 52.0 Å². The maximum Gasteiger partial charge on any atom is 0.161 e. The fraction of sp³-hybridized carbons (Fsp3) is 0.429. The highest BCUT2D eigenvalue weighted by Crippen LogP contribution is 2.35. The Hall–Kier alpha value is -1.67. The molecule has 0 spiro atoms. The van der Waals surface area contributed by atoms with Crippen molar-refractivity contribution in [2.75, 3.05) is 13.2 Å². The fourth-order valence-electron chi connectivity index (χ4n) is 2.34.